The number of nitrogens with one attached hydrogen (secondary N) is 1. The van der Waals surface area contributed by atoms with Gasteiger partial charge in [0.15, 0.2) is 0 Å². The highest BCUT2D eigenvalue weighted by Gasteiger charge is 2.33. The Morgan fingerprint density at radius 2 is 1.65 bits per heavy atom. The van der Waals surface area contributed by atoms with E-state index in [0.29, 0.717) is 12.3 Å². The molecule has 0 saturated carbocycles. The molecule has 0 aromatic heterocycles. The summed E-state index contributed by atoms with van der Waals surface area (Å²) >= 11 is 0. The van der Waals surface area contributed by atoms with Crippen LogP contribution in [0.15, 0.2) is 77.7 Å². The van der Waals surface area contributed by atoms with E-state index in [2.05, 4.69) is 5.32 Å². The normalized spacial score (nSPS) is 11.9. The zero-order valence-corrected chi connectivity index (χ0v) is 24.7. The Hall–Kier alpha value is -3.85. The lowest BCUT2D eigenvalue weighted by Gasteiger charge is -2.32. The summed E-state index contributed by atoms with van der Waals surface area (Å²) in [6.07, 6.45) is 1.74. The van der Waals surface area contributed by atoms with Crippen LogP contribution in [0.3, 0.4) is 0 Å². The first-order valence-corrected chi connectivity index (χ1v) is 14.9. The fourth-order valence-corrected chi connectivity index (χ4v) is 5.79. The predicted octanol–water partition coefficient (Wildman–Crippen LogP) is 4.84. The molecule has 0 spiro atoms. The first-order valence-electron chi connectivity index (χ1n) is 13.4. The minimum absolute atomic E-state index is 0.0435. The van der Waals surface area contributed by atoms with Crippen molar-refractivity contribution >= 4 is 27.5 Å². The number of ether oxygens (including phenoxy) is 1. The number of sulfonamides is 1. The highest BCUT2D eigenvalue weighted by atomic mass is 32.2. The van der Waals surface area contributed by atoms with E-state index in [1.807, 2.05) is 51.1 Å². The van der Waals surface area contributed by atoms with Crippen molar-refractivity contribution in [1.29, 1.82) is 0 Å². The van der Waals surface area contributed by atoms with Crippen molar-refractivity contribution in [1.82, 2.24) is 10.2 Å². The van der Waals surface area contributed by atoms with Gasteiger partial charge in [-0.2, -0.15) is 0 Å². The van der Waals surface area contributed by atoms with Gasteiger partial charge in [0, 0.05) is 13.1 Å². The minimum atomic E-state index is -4.17. The number of hydrogen-bond donors (Lipinski definition) is 1. The summed E-state index contributed by atoms with van der Waals surface area (Å²) < 4.78 is 34.5. The van der Waals surface area contributed by atoms with Gasteiger partial charge in [-0.25, -0.2) is 8.42 Å². The molecule has 2 amide bonds. The molecule has 214 valence electrons. The molecule has 1 atom stereocenters. The Bertz CT molecular complexity index is 1410. The maximum Gasteiger partial charge on any atom is 0.264 e. The van der Waals surface area contributed by atoms with Crippen LogP contribution in [-0.4, -0.2) is 51.4 Å². The Kier molecular flexibility index (Phi) is 10.7. The van der Waals surface area contributed by atoms with Gasteiger partial charge in [-0.3, -0.25) is 13.9 Å². The van der Waals surface area contributed by atoms with Crippen LogP contribution >= 0.6 is 0 Å². The van der Waals surface area contributed by atoms with Crippen molar-refractivity contribution in [3.63, 3.8) is 0 Å². The van der Waals surface area contributed by atoms with E-state index >= 15 is 0 Å². The van der Waals surface area contributed by atoms with Crippen molar-refractivity contribution in [3.05, 3.63) is 89.5 Å². The van der Waals surface area contributed by atoms with E-state index in [0.717, 1.165) is 33.8 Å². The number of methoxy groups -OCH3 is 1. The molecule has 3 aromatic rings. The standard InChI is InChI=1S/C31H39N3O5S/c1-6-7-18-32-31(36)25(4)33(21-26-13-11-12-23(2)19-26)30(35)22-34(28-20-24(3)16-17-29(28)39-5)40(37,38)27-14-9-8-10-15-27/h8-17,19-20,25H,6-7,18,21-22H2,1-5H3,(H,32,36)/t25-/m0/s1. The molecule has 0 saturated heterocycles. The Morgan fingerprint density at radius 3 is 2.30 bits per heavy atom. The van der Waals surface area contributed by atoms with Crippen LogP contribution in [0, 0.1) is 13.8 Å². The van der Waals surface area contributed by atoms with Crippen molar-refractivity contribution in [3.8, 4) is 5.75 Å². The zero-order valence-electron chi connectivity index (χ0n) is 23.9. The Morgan fingerprint density at radius 1 is 0.950 bits per heavy atom. The minimum Gasteiger partial charge on any atom is -0.495 e. The predicted molar refractivity (Wildman–Crippen MR) is 158 cm³/mol. The summed E-state index contributed by atoms with van der Waals surface area (Å²) in [4.78, 5) is 28.6. The van der Waals surface area contributed by atoms with Crippen LogP contribution in [0.2, 0.25) is 0 Å². The monoisotopic (exact) mass is 565 g/mol. The van der Waals surface area contributed by atoms with Gasteiger partial charge in [0.2, 0.25) is 11.8 Å². The summed E-state index contributed by atoms with van der Waals surface area (Å²) in [5.41, 5.74) is 2.90. The second-order valence-electron chi connectivity index (χ2n) is 9.83. The highest BCUT2D eigenvalue weighted by Crippen LogP contribution is 2.33. The molecule has 1 N–H and O–H groups in total. The van der Waals surface area contributed by atoms with Crippen molar-refractivity contribution in [2.45, 2.75) is 58.0 Å². The molecule has 3 rings (SSSR count). The van der Waals surface area contributed by atoms with E-state index in [1.165, 1.54) is 24.1 Å². The second kappa shape index (κ2) is 14.0. The molecular formula is C31H39N3O5S. The summed E-state index contributed by atoms with van der Waals surface area (Å²) in [6, 6.07) is 20.0. The van der Waals surface area contributed by atoms with Gasteiger partial charge < -0.3 is 15.0 Å². The van der Waals surface area contributed by atoms with Crippen LogP contribution in [-0.2, 0) is 26.2 Å². The first-order chi connectivity index (χ1) is 19.1. The molecule has 0 aliphatic rings. The van der Waals surface area contributed by atoms with Gasteiger partial charge in [-0.1, -0.05) is 67.4 Å². The van der Waals surface area contributed by atoms with Gasteiger partial charge in [0.05, 0.1) is 17.7 Å². The topological polar surface area (TPSA) is 96.0 Å². The lowest BCUT2D eigenvalue weighted by atomic mass is 10.1. The van der Waals surface area contributed by atoms with Crippen molar-refractivity contribution in [2.75, 3.05) is 24.5 Å². The molecule has 0 heterocycles. The molecule has 0 bridgehead atoms. The van der Waals surface area contributed by atoms with Crippen LogP contribution in [0.25, 0.3) is 0 Å². The quantitative estimate of drug-likeness (QED) is 0.299. The fourth-order valence-electron chi connectivity index (χ4n) is 4.35. The molecule has 8 nitrogen and oxygen atoms in total. The average Bonchev–Trinajstić information content (AvgIpc) is 2.94. The molecule has 0 aliphatic heterocycles. The molecule has 0 unspecified atom stereocenters. The van der Waals surface area contributed by atoms with E-state index in [9.17, 15) is 18.0 Å². The summed E-state index contributed by atoms with van der Waals surface area (Å²) in [5, 5.41) is 2.90. The van der Waals surface area contributed by atoms with E-state index in [4.69, 9.17) is 4.74 Å². The number of anilines is 1. The molecule has 40 heavy (non-hydrogen) atoms. The van der Waals surface area contributed by atoms with Crippen molar-refractivity contribution in [2.24, 2.45) is 0 Å². The second-order valence-corrected chi connectivity index (χ2v) is 11.7. The third-order valence-corrected chi connectivity index (χ3v) is 8.42. The number of benzene rings is 3. The maximum atomic E-state index is 14.1. The summed E-state index contributed by atoms with van der Waals surface area (Å²) in [5.74, 6) is -0.490. The highest BCUT2D eigenvalue weighted by molar-refractivity contribution is 7.92. The fraction of sp³-hybridized carbons (Fsp3) is 0.355. The van der Waals surface area contributed by atoms with E-state index in [-0.39, 0.29) is 23.0 Å². The molecule has 3 aromatic carbocycles. The first kappa shape index (κ1) is 30.7. The van der Waals surface area contributed by atoms with Crippen LogP contribution in [0.1, 0.15) is 43.4 Å². The number of aryl methyl sites for hydroxylation is 2. The Balaban J connectivity index is 2.06. The molecule has 0 fully saturated rings. The third-order valence-electron chi connectivity index (χ3n) is 6.65. The van der Waals surface area contributed by atoms with Crippen LogP contribution in [0.5, 0.6) is 5.75 Å². The number of nitrogens with zero attached hydrogens (tertiary/aromatic N) is 2. The largest absolute Gasteiger partial charge is 0.495 e. The lowest BCUT2D eigenvalue weighted by molar-refractivity contribution is -0.139. The van der Waals surface area contributed by atoms with Gasteiger partial charge >= 0.3 is 0 Å². The number of carbonyl (C=O) groups is 2. The number of amides is 2. The number of rotatable bonds is 13. The van der Waals surface area contributed by atoms with Crippen LogP contribution < -0.4 is 14.4 Å². The Labute approximate surface area is 238 Å². The molecule has 9 heteroatoms. The smallest absolute Gasteiger partial charge is 0.264 e. The molecule has 0 aliphatic carbocycles. The van der Waals surface area contributed by atoms with E-state index < -0.39 is 28.5 Å². The average molecular weight is 566 g/mol. The summed E-state index contributed by atoms with van der Waals surface area (Å²) in [6.45, 7) is 7.62. The van der Waals surface area contributed by atoms with Gasteiger partial charge in [-0.15, -0.1) is 0 Å². The summed E-state index contributed by atoms with van der Waals surface area (Å²) in [7, 11) is -2.72. The number of unbranched alkanes of at least 4 members (excludes halogenated alkanes) is 1. The zero-order chi connectivity index (χ0) is 29.3. The number of hydrogen-bond acceptors (Lipinski definition) is 5. The van der Waals surface area contributed by atoms with Gasteiger partial charge in [0.1, 0.15) is 18.3 Å². The maximum absolute atomic E-state index is 14.1. The molecular weight excluding hydrogens is 526 g/mol. The van der Waals surface area contributed by atoms with Gasteiger partial charge in [-0.05, 0) is 62.6 Å². The van der Waals surface area contributed by atoms with E-state index in [1.54, 1.807) is 37.3 Å². The number of carbonyl (C=O) groups excluding carboxylic acids is 2. The van der Waals surface area contributed by atoms with Gasteiger partial charge in [0.25, 0.3) is 10.0 Å². The molecule has 0 radical (unpaired) electrons. The lowest BCUT2D eigenvalue weighted by Crippen LogP contribution is -2.51. The SMILES string of the molecule is CCCCNC(=O)[C@H](C)N(Cc1cccc(C)c1)C(=O)CN(c1cc(C)ccc1OC)S(=O)(=O)c1ccccc1. The van der Waals surface area contributed by atoms with Crippen molar-refractivity contribution < 1.29 is 22.7 Å². The third kappa shape index (κ3) is 7.63. The van der Waals surface area contributed by atoms with Crippen LogP contribution in [0.4, 0.5) is 5.69 Å².